The lowest BCUT2D eigenvalue weighted by atomic mass is 10.3. The van der Waals surface area contributed by atoms with Crippen LogP contribution < -0.4 is 11.1 Å². The molecule has 5 nitrogen and oxygen atoms in total. The van der Waals surface area contributed by atoms with E-state index in [2.05, 4.69) is 10.3 Å². The molecule has 0 unspecified atom stereocenters. The molecule has 1 aromatic heterocycles. The molecule has 1 atom stereocenters. The molecule has 0 aliphatic rings. The number of nitrogens with two attached hydrogens (primary N) is 1. The molecule has 0 aliphatic carbocycles. The average Bonchev–Trinajstić information content (AvgIpc) is 2.67. The SMILES string of the molecule is COCc1nc(C(=O)N[C@@H](C)CN)cs1.Cl. The van der Waals surface area contributed by atoms with E-state index in [1.54, 1.807) is 12.5 Å². The molecule has 1 heterocycles. The van der Waals surface area contributed by atoms with E-state index in [4.69, 9.17) is 10.5 Å². The number of carbonyl (C=O) groups is 1. The van der Waals surface area contributed by atoms with Crippen molar-refractivity contribution in [3.05, 3.63) is 16.1 Å². The number of nitrogens with one attached hydrogen (secondary N) is 1. The van der Waals surface area contributed by atoms with Gasteiger partial charge in [-0.05, 0) is 6.92 Å². The van der Waals surface area contributed by atoms with Gasteiger partial charge in [0.2, 0.25) is 0 Å². The fourth-order valence-electron chi connectivity index (χ4n) is 0.962. The molecule has 0 spiro atoms. The summed E-state index contributed by atoms with van der Waals surface area (Å²) in [6, 6.07) is -0.0370. The summed E-state index contributed by atoms with van der Waals surface area (Å²) in [6.07, 6.45) is 0. The van der Waals surface area contributed by atoms with Crippen LogP contribution in [0.15, 0.2) is 5.38 Å². The Bertz CT molecular complexity index is 332. The first kappa shape index (κ1) is 15.3. The van der Waals surface area contributed by atoms with Gasteiger partial charge in [-0.2, -0.15) is 0 Å². The summed E-state index contributed by atoms with van der Waals surface area (Å²) in [4.78, 5) is 15.7. The van der Waals surface area contributed by atoms with Gasteiger partial charge < -0.3 is 15.8 Å². The standard InChI is InChI=1S/C9H15N3O2S.ClH/c1-6(3-10)11-9(13)7-5-15-8(12-7)4-14-2;/h5-6H,3-4,10H2,1-2H3,(H,11,13);1H/t6-;/m0./s1. The largest absolute Gasteiger partial charge is 0.378 e. The maximum absolute atomic E-state index is 11.6. The maximum Gasteiger partial charge on any atom is 0.271 e. The van der Waals surface area contributed by atoms with Crippen LogP contribution >= 0.6 is 23.7 Å². The van der Waals surface area contributed by atoms with E-state index in [-0.39, 0.29) is 24.4 Å². The van der Waals surface area contributed by atoms with Gasteiger partial charge in [0, 0.05) is 25.1 Å². The van der Waals surface area contributed by atoms with Gasteiger partial charge in [-0.25, -0.2) is 4.98 Å². The number of amides is 1. The van der Waals surface area contributed by atoms with Gasteiger partial charge in [0.1, 0.15) is 10.7 Å². The van der Waals surface area contributed by atoms with Crippen LogP contribution in [0.2, 0.25) is 0 Å². The van der Waals surface area contributed by atoms with Crippen LogP contribution in [0.1, 0.15) is 22.4 Å². The molecule has 92 valence electrons. The Morgan fingerprint density at radius 1 is 1.75 bits per heavy atom. The number of thiazole rings is 1. The Morgan fingerprint density at radius 2 is 2.44 bits per heavy atom. The lowest BCUT2D eigenvalue weighted by molar-refractivity contribution is 0.0936. The molecule has 0 radical (unpaired) electrons. The summed E-state index contributed by atoms with van der Waals surface area (Å²) >= 11 is 1.41. The molecule has 1 amide bonds. The van der Waals surface area contributed by atoms with Crippen molar-refractivity contribution < 1.29 is 9.53 Å². The second-order valence-electron chi connectivity index (χ2n) is 3.17. The number of rotatable bonds is 5. The van der Waals surface area contributed by atoms with E-state index in [1.807, 2.05) is 6.92 Å². The summed E-state index contributed by atoms with van der Waals surface area (Å²) in [6.45, 7) is 2.70. The van der Waals surface area contributed by atoms with E-state index in [0.29, 0.717) is 18.8 Å². The van der Waals surface area contributed by atoms with Gasteiger partial charge in [0.15, 0.2) is 0 Å². The van der Waals surface area contributed by atoms with Crippen LogP contribution in [0.5, 0.6) is 0 Å². The Kier molecular flexibility index (Phi) is 7.24. The molecular formula is C9H16ClN3O2S. The Labute approximate surface area is 105 Å². The van der Waals surface area contributed by atoms with Gasteiger partial charge >= 0.3 is 0 Å². The summed E-state index contributed by atoms with van der Waals surface area (Å²) < 4.78 is 4.92. The van der Waals surface area contributed by atoms with Crippen LogP contribution in [0.25, 0.3) is 0 Å². The summed E-state index contributed by atoms with van der Waals surface area (Å²) in [7, 11) is 1.59. The first-order chi connectivity index (χ1) is 7.17. The third-order valence-corrected chi connectivity index (χ3v) is 2.61. The second-order valence-corrected chi connectivity index (χ2v) is 4.11. The van der Waals surface area contributed by atoms with Crippen molar-refractivity contribution in [1.82, 2.24) is 10.3 Å². The lowest BCUT2D eigenvalue weighted by Crippen LogP contribution is -2.37. The highest BCUT2D eigenvalue weighted by atomic mass is 35.5. The normalized spacial score (nSPS) is 11.7. The van der Waals surface area contributed by atoms with E-state index in [1.165, 1.54) is 11.3 Å². The number of hydrogen-bond acceptors (Lipinski definition) is 5. The monoisotopic (exact) mass is 265 g/mol. The summed E-state index contributed by atoms with van der Waals surface area (Å²) in [5.41, 5.74) is 5.82. The smallest absolute Gasteiger partial charge is 0.271 e. The number of aromatic nitrogens is 1. The van der Waals surface area contributed by atoms with Crippen LogP contribution in [0.4, 0.5) is 0 Å². The summed E-state index contributed by atoms with van der Waals surface area (Å²) in [5, 5.41) is 5.25. The first-order valence-electron chi connectivity index (χ1n) is 4.61. The van der Waals surface area contributed by atoms with E-state index < -0.39 is 0 Å². The van der Waals surface area contributed by atoms with Gasteiger partial charge in [0.25, 0.3) is 5.91 Å². The fourth-order valence-corrected chi connectivity index (χ4v) is 1.71. The van der Waals surface area contributed by atoms with Crippen molar-refractivity contribution in [3.8, 4) is 0 Å². The highest BCUT2D eigenvalue weighted by Gasteiger charge is 2.12. The van der Waals surface area contributed by atoms with Crippen molar-refractivity contribution in [2.45, 2.75) is 19.6 Å². The number of hydrogen-bond donors (Lipinski definition) is 2. The van der Waals surface area contributed by atoms with Crippen LogP contribution in [-0.4, -0.2) is 30.6 Å². The zero-order valence-corrected chi connectivity index (χ0v) is 10.9. The molecular weight excluding hydrogens is 250 g/mol. The zero-order chi connectivity index (χ0) is 11.3. The molecule has 1 aromatic rings. The Balaban J connectivity index is 0.00000225. The molecule has 0 bridgehead atoms. The maximum atomic E-state index is 11.6. The topological polar surface area (TPSA) is 77.2 Å². The molecule has 0 saturated heterocycles. The zero-order valence-electron chi connectivity index (χ0n) is 9.23. The lowest BCUT2D eigenvalue weighted by Gasteiger charge is -2.09. The highest BCUT2D eigenvalue weighted by molar-refractivity contribution is 7.09. The van der Waals surface area contributed by atoms with Crippen molar-refractivity contribution in [1.29, 1.82) is 0 Å². The number of halogens is 1. The minimum absolute atomic E-state index is 0. The minimum atomic E-state index is -0.188. The number of methoxy groups -OCH3 is 1. The number of ether oxygens (including phenoxy) is 1. The van der Waals surface area contributed by atoms with Crippen LogP contribution in [-0.2, 0) is 11.3 Å². The highest BCUT2D eigenvalue weighted by Crippen LogP contribution is 2.10. The molecule has 16 heavy (non-hydrogen) atoms. The number of carbonyl (C=O) groups excluding carboxylic acids is 1. The van der Waals surface area contributed by atoms with Gasteiger partial charge in [-0.15, -0.1) is 23.7 Å². The van der Waals surface area contributed by atoms with Crippen molar-refractivity contribution in [2.75, 3.05) is 13.7 Å². The van der Waals surface area contributed by atoms with E-state index in [9.17, 15) is 4.79 Å². The van der Waals surface area contributed by atoms with Crippen molar-refractivity contribution in [2.24, 2.45) is 5.73 Å². The molecule has 0 saturated carbocycles. The first-order valence-corrected chi connectivity index (χ1v) is 5.49. The predicted molar refractivity (Wildman–Crippen MR) is 66.1 cm³/mol. The van der Waals surface area contributed by atoms with Crippen LogP contribution in [0.3, 0.4) is 0 Å². The molecule has 3 N–H and O–H groups in total. The second kappa shape index (κ2) is 7.56. The third kappa shape index (κ3) is 4.44. The predicted octanol–water partition coefficient (Wildman–Crippen LogP) is 0.788. The quantitative estimate of drug-likeness (QED) is 0.825. The molecule has 0 aromatic carbocycles. The number of nitrogens with zero attached hydrogens (tertiary/aromatic N) is 1. The van der Waals surface area contributed by atoms with Gasteiger partial charge in [0.05, 0.1) is 6.61 Å². The van der Waals surface area contributed by atoms with Crippen molar-refractivity contribution >= 4 is 29.7 Å². The van der Waals surface area contributed by atoms with E-state index >= 15 is 0 Å². The van der Waals surface area contributed by atoms with Gasteiger partial charge in [-0.3, -0.25) is 4.79 Å². The average molecular weight is 266 g/mol. The van der Waals surface area contributed by atoms with E-state index in [0.717, 1.165) is 5.01 Å². The van der Waals surface area contributed by atoms with Crippen LogP contribution in [0, 0.1) is 0 Å². The Morgan fingerprint density at radius 3 is 3.00 bits per heavy atom. The molecule has 1 rings (SSSR count). The molecule has 0 aliphatic heterocycles. The minimum Gasteiger partial charge on any atom is -0.378 e. The fraction of sp³-hybridized carbons (Fsp3) is 0.556. The Hall–Kier alpha value is -0.690. The van der Waals surface area contributed by atoms with Crippen molar-refractivity contribution in [3.63, 3.8) is 0 Å². The molecule has 0 fully saturated rings. The van der Waals surface area contributed by atoms with Gasteiger partial charge in [-0.1, -0.05) is 0 Å². The molecule has 7 heteroatoms. The third-order valence-electron chi connectivity index (χ3n) is 1.78. The summed E-state index contributed by atoms with van der Waals surface area (Å²) in [5.74, 6) is -0.188.